The van der Waals surface area contributed by atoms with E-state index in [1.54, 1.807) is 4.68 Å². The van der Waals surface area contributed by atoms with Crippen molar-refractivity contribution in [2.45, 2.75) is 57.9 Å². The standard InChI is InChI=1S/C15H25N3O2/c1-11-13(12(2)18(3)17-11)9-14(20)16-15(10-19)7-5-4-6-8-15/h19H,4-10H2,1-3H3,(H,16,20). The predicted octanol–water partition coefficient (Wildman–Crippen LogP) is 1.39. The van der Waals surface area contributed by atoms with E-state index in [2.05, 4.69) is 10.4 Å². The summed E-state index contributed by atoms with van der Waals surface area (Å²) in [5.74, 6) is -0.0137. The Balaban J connectivity index is 2.04. The topological polar surface area (TPSA) is 67.2 Å². The van der Waals surface area contributed by atoms with Crippen molar-refractivity contribution < 1.29 is 9.90 Å². The van der Waals surface area contributed by atoms with E-state index in [1.807, 2.05) is 20.9 Å². The predicted molar refractivity (Wildman–Crippen MR) is 77.4 cm³/mol. The van der Waals surface area contributed by atoms with Crippen molar-refractivity contribution in [3.05, 3.63) is 17.0 Å². The molecule has 0 unspecified atom stereocenters. The normalized spacial score (nSPS) is 18.0. The Morgan fingerprint density at radius 1 is 1.35 bits per heavy atom. The van der Waals surface area contributed by atoms with E-state index in [0.29, 0.717) is 6.42 Å². The second-order valence-corrected chi connectivity index (χ2v) is 6.00. The summed E-state index contributed by atoms with van der Waals surface area (Å²) in [4.78, 5) is 12.3. The Morgan fingerprint density at radius 3 is 2.50 bits per heavy atom. The van der Waals surface area contributed by atoms with E-state index in [9.17, 15) is 9.90 Å². The van der Waals surface area contributed by atoms with Crippen molar-refractivity contribution in [2.24, 2.45) is 7.05 Å². The van der Waals surface area contributed by atoms with Crippen LogP contribution in [0.2, 0.25) is 0 Å². The van der Waals surface area contributed by atoms with Gasteiger partial charge in [-0.15, -0.1) is 0 Å². The van der Waals surface area contributed by atoms with Gasteiger partial charge in [0, 0.05) is 18.3 Å². The lowest BCUT2D eigenvalue weighted by Gasteiger charge is -2.36. The first-order chi connectivity index (χ1) is 9.47. The molecule has 1 fully saturated rings. The molecule has 0 radical (unpaired) electrons. The highest BCUT2D eigenvalue weighted by Crippen LogP contribution is 2.28. The Labute approximate surface area is 120 Å². The number of amides is 1. The van der Waals surface area contributed by atoms with Gasteiger partial charge in [0.1, 0.15) is 0 Å². The number of nitrogens with zero attached hydrogens (tertiary/aromatic N) is 2. The summed E-state index contributed by atoms with van der Waals surface area (Å²) in [5, 5.41) is 17.0. The zero-order chi connectivity index (χ0) is 14.8. The second kappa shape index (κ2) is 5.95. The summed E-state index contributed by atoms with van der Waals surface area (Å²) in [6.07, 6.45) is 5.43. The van der Waals surface area contributed by atoms with E-state index in [4.69, 9.17) is 0 Å². The Hall–Kier alpha value is -1.36. The second-order valence-electron chi connectivity index (χ2n) is 6.00. The number of hydrogen-bond donors (Lipinski definition) is 2. The van der Waals surface area contributed by atoms with Gasteiger partial charge < -0.3 is 10.4 Å². The monoisotopic (exact) mass is 279 g/mol. The lowest BCUT2D eigenvalue weighted by Crippen LogP contribution is -2.53. The largest absolute Gasteiger partial charge is 0.394 e. The Morgan fingerprint density at radius 2 is 2.00 bits per heavy atom. The maximum Gasteiger partial charge on any atom is 0.225 e. The fourth-order valence-electron chi connectivity index (χ4n) is 3.13. The summed E-state index contributed by atoms with van der Waals surface area (Å²) in [7, 11) is 1.89. The smallest absolute Gasteiger partial charge is 0.225 e. The van der Waals surface area contributed by atoms with Gasteiger partial charge in [-0.25, -0.2) is 0 Å². The van der Waals surface area contributed by atoms with Crippen LogP contribution < -0.4 is 5.32 Å². The molecule has 20 heavy (non-hydrogen) atoms. The first-order valence-corrected chi connectivity index (χ1v) is 7.38. The first-order valence-electron chi connectivity index (χ1n) is 7.38. The van der Waals surface area contributed by atoms with Gasteiger partial charge in [-0.3, -0.25) is 9.48 Å². The molecule has 1 saturated carbocycles. The van der Waals surface area contributed by atoms with Crippen LogP contribution in [-0.4, -0.2) is 32.9 Å². The fourth-order valence-corrected chi connectivity index (χ4v) is 3.13. The van der Waals surface area contributed by atoms with Crippen LogP contribution in [0, 0.1) is 13.8 Å². The van der Waals surface area contributed by atoms with Crippen molar-refractivity contribution in [2.75, 3.05) is 6.61 Å². The van der Waals surface area contributed by atoms with Gasteiger partial charge in [0.25, 0.3) is 0 Å². The van der Waals surface area contributed by atoms with Crippen molar-refractivity contribution in [3.63, 3.8) is 0 Å². The number of aliphatic hydroxyl groups excluding tert-OH is 1. The molecule has 1 amide bonds. The van der Waals surface area contributed by atoms with Crippen LogP contribution in [0.15, 0.2) is 0 Å². The molecule has 112 valence electrons. The van der Waals surface area contributed by atoms with Gasteiger partial charge in [0.15, 0.2) is 0 Å². The third-order valence-electron chi connectivity index (χ3n) is 4.51. The minimum atomic E-state index is -0.403. The van der Waals surface area contributed by atoms with E-state index in [-0.39, 0.29) is 12.5 Å². The third-order valence-corrected chi connectivity index (χ3v) is 4.51. The van der Waals surface area contributed by atoms with Gasteiger partial charge >= 0.3 is 0 Å². The molecular weight excluding hydrogens is 254 g/mol. The number of hydrogen-bond acceptors (Lipinski definition) is 3. The first kappa shape index (κ1) is 15.0. The van der Waals surface area contributed by atoms with Crippen LogP contribution in [0.25, 0.3) is 0 Å². The molecule has 0 bridgehead atoms. The zero-order valence-corrected chi connectivity index (χ0v) is 12.7. The Bertz CT molecular complexity index is 488. The minimum Gasteiger partial charge on any atom is -0.394 e. The maximum absolute atomic E-state index is 12.3. The quantitative estimate of drug-likeness (QED) is 0.875. The van der Waals surface area contributed by atoms with Crippen molar-refractivity contribution in [1.29, 1.82) is 0 Å². The average molecular weight is 279 g/mol. The number of rotatable bonds is 4. The van der Waals surface area contributed by atoms with Gasteiger partial charge in [0.05, 0.1) is 24.3 Å². The molecule has 5 heteroatoms. The highest BCUT2D eigenvalue weighted by molar-refractivity contribution is 5.80. The van der Waals surface area contributed by atoms with Crippen molar-refractivity contribution in [3.8, 4) is 0 Å². The molecule has 2 rings (SSSR count). The van der Waals surface area contributed by atoms with Crippen LogP contribution in [0.4, 0.5) is 0 Å². The Kier molecular flexibility index (Phi) is 4.48. The summed E-state index contributed by atoms with van der Waals surface area (Å²) in [6, 6.07) is 0. The molecule has 0 saturated heterocycles. The van der Waals surface area contributed by atoms with Gasteiger partial charge in [-0.2, -0.15) is 5.10 Å². The van der Waals surface area contributed by atoms with Crippen LogP contribution in [0.1, 0.15) is 49.1 Å². The number of aryl methyl sites for hydroxylation is 2. The lowest BCUT2D eigenvalue weighted by molar-refractivity contribution is -0.123. The molecule has 0 spiro atoms. The van der Waals surface area contributed by atoms with E-state index in [0.717, 1.165) is 42.6 Å². The molecule has 1 aliphatic rings. The van der Waals surface area contributed by atoms with Crippen molar-refractivity contribution in [1.82, 2.24) is 15.1 Å². The van der Waals surface area contributed by atoms with E-state index >= 15 is 0 Å². The zero-order valence-electron chi connectivity index (χ0n) is 12.7. The SMILES string of the molecule is Cc1nn(C)c(C)c1CC(=O)NC1(CO)CCCCC1. The number of carbonyl (C=O) groups is 1. The summed E-state index contributed by atoms with van der Waals surface area (Å²) in [6.45, 7) is 3.94. The van der Waals surface area contributed by atoms with E-state index < -0.39 is 5.54 Å². The molecule has 0 aliphatic heterocycles. The molecular formula is C15H25N3O2. The van der Waals surface area contributed by atoms with Crippen LogP contribution in [-0.2, 0) is 18.3 Å². The maximum atomic E-state index is 12.3. The minimum absolute atomic E-state index is 0.0137. The molecule has 0 atom stereocenters. The fraction of sp³-hybridized carbons (Fsp3) is 0.733. The summed E-state index contributed by atoms with van der Waals surface area (Å²) < 4.78 is 1.81. The molecule has 1 aromatic heterocycles. The molecule has 2 N–H and O–H groups in total. The molecule has 1 aliphatic carbocycles. The van der Waals surface area contributed by atoms with Gasteiger partial charge in [-0.05, 0) is 26.7 Å². The average Bonchev–Trinajstić information content (AvgIpc) is 2.66. The summed E-state index contributed by atoms with van der Waals surface area (Å²) >= 11 is 0. The van der Waals surface area contributed by atoms with Gasteiger partial charge in [0.2, 0.25) is 5.91 Å². The highest BCUT2D eigenvalue weighted by Gasteiger charge is 2.33. The lowest BCUT2D eigenvalue weighted by atomic mass is 9.82. The highest BCUT2D eigenvalue weighted by atomic mass is 16.3. The third kappa shape index (κ3) is 3.03. The molecule has 0 aromatic carbocycles. The number of aliphatic hydroxyl groups is 1. The van der Waals surface area contributed by atoms with Crippen LogP contribution >= 0.6 is 0 Å². The summed E-state index contributed by atoms with van der Waals surface area (Å²) in [5.41, 5.74) is 2.52. The molecule has 1 aromatic rings. The number of carbonyl (C=O) groups excluding carboxylic acids is 1. The van der Waals surface area contributed by atoms with Crippen molar-refractivity contribution >= 4 is 5.91 Å². The molecule has 1 heterocycles. The van der Waals surface area contributed by atoms with Gasteiger partial charge in [-0.1, -0.05) is 19.3 Å². The van der Waals surface area contributed by atoms with Crippen LogP contribution in [0.3, 0.4) is 0 Å². The molecule has 5 nitrogen and oxygen atoms in total. The number of nitrogens with one attached hydrogen (secondary N) is 1. The van der Waals surface area contributed by atoms with E-state index in [1.165, 1.54) is 6.42 Å². The number of aromatic nitrogens is 2. The van der Waals surface area contributed by atoms with Crippen LogP contribution in [0.5, 0.6) is 0 Å².